The van der Waals surface area contributed by atoms with Gasteiger partial charge in [0.05, 0.1) is 12.0 Å². The Labute approximate surface area is 179 Å². The van der Waals surface area contributed by atoms with Crippen LogP contribution in [0.1, 0.15) is 40.0 Å². The van der Waals surface area contributed by atoms with Crippen molar-refractivity contribution in [1.29, 1.82) is 0 Å². The molecular weight excluding hydrogens is 394 g/mol. The van der Waals surface area contributed by atoms with E-state index in [-0.39, 0.29) is 18.5 Å². The summed E-state index contributed by atoms with van der Waals surface area (Å²) in [5.41, 5.74) is 0.721. The van der Waals surface area contributed by atoms with Crippen molar-refractivity contribution < 1.29 is 23.8 Å². The van der Waals surface area contributed by atoms with Crippen molar-refractivity contribution in [3.05, 3.63) is 65.7 Å². The maximum Gasteiger partial charge on any atom is 0.253 e. The third-order valence-electron chi connectivity index (χ3n) is 6.56. The number of carbonyl (C=O) groups is 2. The number of piperidine rings is 1. The van der Waals surface area contributed by atoms with Crippen LogP contribution in [0.4, 0.5) is 0 Å². The monoisotopic (exact) mass is 415 g/mol. The Kier molecular flexibility index (Phi) is 3.96. The molecular formula is C25H21NO5. The maximum absolute atomic E-state index is 13.1. The van der Waals surface area contributed by atoms with E-state index >= 15 is 0 Å². The molecule has 156 valence electrons. The van der Waals surface area contributed by atoms with Crippen molar-refractivity contribution in [3.8, 4) is 17.2 Å². The summed E-state index contributed by atoms with van der Waals surface area (Å²) in [5, 5.41) is 1.98. The maximum atomic E-state index is 13.1. The molecule has 3 heterocycles. The molecule has 6 heteroatoms. The molecule has 31 heavy (non-hydrogen) atoms. The van der Waals surface area contributed by atoms with Crippen LogP contribution in [0.15, 0.2) is 54.6 Å². The number of Topliss-reactive ketones (excluding diaryl/α,β-unsaturated/α-hetero) is 1. The largest absolute Gasteiger partial charge is 0.486 e. The minimum absolute atomic E-state index is 0.0401. The molecule has 1 saturated heterocycles. The van der Waals surface area contributed by atoms with E-state index in [4.69, 9.17) is 14.2 Å². The number of benzene rings is 3. The number of rotatable bonds is 1. The predicted octanol–water partition coefficient (Wildman–Crippen LogP) is 4.21. The van der Waals surface area contributed by atoms with E-state index in [0.717, 1.165) is 10.8 Å². The summed E-state index contributed by atoms with van der Waals surface area (Å²) in [6.45, 7) is 1.27. The zero-order chi connectivity index (χ0) is 21.0. The summed E-state index contributed by atoms with van der Waals surface area (Å²) in [6, 6.07) is 17.1. The number of likely N-dealkylation sites (tertiary alicyclic amines) is 1. The van der Waals surface area contributed by atoms with Gasteiger partial charge in [-0.1, -0.05) is 30.3 Å². The van der Waals surface area contributed by atoms with Gasteiger partial charge in [-0.3, -0.25) is 9.59 Å². The lowest BCUT2D eigenvalue weighted by Gasteiger charge is -2.44. The molecule has 0 aromatic heterocycles. The van der Waals surface area contributed by atoms with E-state index in [1.807, 2.05) is 41.3 Å². The Hall–Kier alpha value is -3.54. The lowest BCUT2D eigenvalue weighted by atomic mass is 9.81. The number of ketones is 1. The molecule has 3 aliphatic rings. The number of ether oxygens (including phenoxy) is 3. The fraction of sp³-hybridized carbons (Fsp3) is 0.280. The molecule has 3 aromatic rings. The standard InChI is InChI=1S/C25H21NO5/c27-19-14-25(31-21-8-5-16-3-1-2-4-18(16)23(19)21)9-11-26(12-10-25)24(28)17-6-7-20-22(13-17)30-15-29-20/h1-8,13H,9-12,14-15H2. The lowest BCUT2D eigenvalue weighted by molar-refractivity contribution is -0.00547. The van der Waals surface area contributed by atoms with Crippen LogP contribution in [0, 0.1) is 0 Å². The van der Waals surface area contributed by atoms with Gasteiger partial charge in [-0.05, 0) is 35.0 Å². The first-order chi connectivity index (χ1) is 15.1. The molecule has 0 N–H and O–H groups in total. The van der Waals surface area contributed by atoms with Crippen LogP contribution >= 0.6 is 0 Å². The van der Waals surface area contributed by atoms with Crippen molar-refractivity contribution in [2.75, 3.05) is 19.9 Å². The third kappa shape index (κ3) is 2.93. The second kappa shape index (κ2) is 6.74. The highest BCUT2D eigenvalue weighted by atomic mass is 16.7. The Morgan fingerprint density at radius 2 is 1.68 bits per heavy atom. The molecule has 3 aliphatic heterocycles. The summed E-state index contributed by atoms with van der Waals surface area (Å²) >= 11 is 0. The van der Waals surface area contributed by atoms with Gasteiger partial charge in [-0.15, -0.1) is 0 Å². The van der Waals surface area contributed by atoms with Crippen molar-refractivity contribution in [2.45, 2.75) is 24.9 Å². The molecule has 0 radical (unpaired) electrons. The van der Waals surface area contributed by atoms with E-state index in [1.165, 1.54) is 0 Å². The fourth-order valence-corrected chi connectivity index (χ4v) is 4.88. The van der Waals surface area contributed by atoms with Crippen LogP contribution < -0.4 is 14.2 Å². The van der Waals surface area contributed by atoms with Gasteiger partial charge >= 0.3 is 0 Å². The van der Waals surface area contributed by atoms with Crippen LogP contribution in [0.5, 0.6) is 17.2 Å². The summed E-state index contributed by atoms with van der Waals surface area (Å²) < 4.78 is 17.2. The second-order valence-electron chi connectivity index (χ2n) is 8.41. The number of amides is 1. The minimum atomic E-state index is -0.543. The highest BCUT2D eigenvalue weighted by molar-refractivity contribution is 6.11. The fourth-order valence-electron chi connectivity index (χ4n) is 4.88. The van der Waals surface area contributed by atoms with E-state index < -0.39 is 5.60 Å². The van der Waals surface area contributed by atoms with Crippen molar-refractivity contribution in [1.82, 2.24) is 4.90 Å². The zero-order valence-electron chi connectivity index (χ0n) is 16.9. The van der Waals surface area contributed by atoms with Gasteiger partial charge in [0.1, 0.15) is 11.4 Å². The van der Waals surface area contributed by atoms with E-state index in [2.05, 4.69) is 0 Å². The van der Waals surface area contributed by atoms with Crippen LogP contribution in [-0.2, 0) is 0 Å². The first-order valence-electron chi connectivity index (χ1n) is 10.5. The van der Waals surface area contributed by atoms with Crippen LogP contribution in [-0.4, -0.2) is 42.1 Å². The lowest BCUT2D eigenvalue weighted by Crippen LogP contribution is -2.52. The SMILES string of the molecule is O=C1CC2(CCN(C(=O)c3ccc4c(c3)OCO4)CC2)Oc2ccc3ccccc3c21. The van der Waals surface area contributed by atoms with Gasteiger partial charge < -0.3 is 19.1 Å². The molecule has 0 unspecified atom stereocenters. The van der Waals surface area contributed by atoms with Crippen LogP contribution in [0.3, 0.4) is 0 Å². The second-order valence-corrected chi connectivity index (χ2v) is 8.41. The van der Waals surface area contributed by atoms with E-state index in [9.17, 15) is 9.59 Å². The van der Waals surface area contributed by atoms with E-state index in [0.29, 0.717) is 60.7 Å². The highest BCUT2D eigenvalue weighted by Crippen LogP contribution is 2.42. The van der Waals surface area contributed by atoms with Gasteiger partial charge in [0.2, 0.25) is 6.79 Å². The average molecular weight is 415 g/mol. The number of nitrogens with zero attached hydrogens (tertiary/aromatic N) is 1. The van der Waals surface area contributed by atoms with Gasteiger partial charge in [-0.2, -0.15) is 0 Å². The Balaban J connectivity index is 1.21. The van der Waals surface area contributed by atoms with Crippen LogP contribution in [0.25, 0.3) is 10.8 Å². The van der Waals surface area contributed by atoms with Crippen molar-refractivity contribution in [2.24, 2.45) is 0 Å². The molecule has 0 saturated carbocycles. The molecule has 0 atom stereocenters. The molecule has 1 spiro atoms. The topological polar surface area (TPSA) is 65.1 Å². The number of fused-ring (bicyclic) bond motifs is 4. The van der Waals surface area contributed by atoms with Gasteiger partial charge in [-0.25, -0.2) is 0 Å². The highest BCUT2D eigenvalue weighted by Gasteiger charge is 2.44. The average Bonchev–Trinajstić information content (AvgIpc) is 3.26. The number of hydrogen-bond acceptors (Lipinski definition) is 5. The molecule has 0 aliphatic carbocycles. The first kappa shape index (κ1) is 18.2. The Bertz CT molecular complexity index is 1230. The molecule has 1 fully saturated rings. The molecule has 0 bridgehead atoms. The first-order valence-corrected chi connectivity index (χ1v) is 10.5. The minimum Gasteiger partial charge on any atom is -0.486 e. The summed E-state index contributed by atoms with van der Waals surface area (Å²) in [6.07, 6.45) is 1.60. The Morgan fingerprint density at radius 1 is 0.903 bits per heavy atom. The molecule has 6 rings (SSSR count). The van der Waals surface area contributed by atoms with Crippen molar-refractivity contribution in [3.63, 3.8) is 0 Å². The van der Waals surface area contributed by atoms with Gasteiger partial charge in [0.25, 0.3) is 5.91 Å². The number of hydrogen-bond donors (Lipinski definition) is 0. The zero-order valence-corrected chi connectivity index (χ0v) is 16.9. The summed E-state index contributed by atoms with van der Waals surface area (Å²) in [4.78, 5) is 28.0. The number of carbonyl (C=O) groups excluding carboxylic acids is 2. The van der Waals surface area contributed by atoms with E-state index in [1.54, 1.807) is 18.2 Å². The predicted molar refractivity (Wildman–Crippen MR) is 114 cm³/mol. The smallest absolute Gasteiger partial charge is 0.253 e. The Morgan fingerprint density at radius 3 is 2.55 bits per heavy atom. The van der Waals surface area contributed by atoms with Crippen molar-refractivity contribution >= 4 is 22.5 Å². The quantitative estimate of drug-likeness (QED) is 0.596. The molecule has 1 amide bonds. The molecule has 3 aromatic carbocycles. The van der Waals surface area contributed by atoms with Gasteiger partial charge in [0.15, 0.2) is 17.3 Å². The molecule has 6 nitrogen and oxygen atoms in total. The summed E-state index contributed by atoms with van der Waals surface area (Å²) in [7, 11) is 0. The normalized spacial score (nSPS) is 18.7. The third-order valence-corrected chi connectivity index (χ3v) is 6.56. The van der Waals surface area contributed by atoms with Gasteiger partial charge in [0, 0.05) is 31.5 Å². The van der Waals surface area contributed by atoms with Crippen LogP contribution in [0.2, 0.25) is 0 Å². The summed E-state index contributed by atoms with van der Waals surface area (Å²) in [5.74, 6) is 2.00.